The van der Waals surface area contributed by atoms with Gasteiger partial charge in [0.2, 0.25) is 5.91 Å². The van der Waals surface area contributed by atoms with Gasteiger partial charge in [0, 0.05) is 39.1 Å². The molecular weight excluding hydrogens is 336 g/mol. The molecule has 0 saturated carbocycles. The Balaban J connectivity index is 2.79. The maximum absolute atomic E-state index is 12.8. The van der Waals surface area contributed by atoms with E-state index < -0.39 is 24.0 Å². The van der Waals surface area contributed by atoms with Gasteiger partial charge in [0.1, 0.15) is 0 Å². The van der Waals surface area contributed by atoms with Gasteiger partial charge in [-0.05, 0) is 19.8 Å². The Hall–Kier alpha value is -1.35. The van der Waals surface area contributed by atoms with Crippen LogP contribution in [0.5, 0.6) is 0 Å². The topological polar surface area (TPSA) is 125 Å². The van der Waals surface area contributed by atoms with Gasteiger partial charge in [-0.2, -0.15) is 0 Å². The molecule has 1 saturated heterocycles. The molecule has 0 bridgehead atoms. The summed E-state index contributed by atoms with van der Waals surface area (Å²) < 4.78 is 0. The SMILES string of the molecule is CC(=O)[C@H](CN)NC(=O)[C@@H](CC(=O)[C@@H]1CNCCN1CC(C)C)[C@H](C)O. The molecule has 1 amide bonds. The monoisotopic (exact) mass is 370 g/mol. The second-order valence-corrected chi connectivity index (χ2v) is 7.53. The van der Waals surface area contributed by atoms with E-state index in [-0.39, 0.29) is 30.6 Å². The van der Waals surface area contributed by atoms with E-state index in [4.69, 9.17) is 5.73 Å². The molecule has 1 fully saturated rings. The summed E-state index contributed by atoms with van der Waals surface area (Å²) in [4.78, 5) is 38.9. The number of nitrogens with two attached hydrogens (primary N) is 1. The minimum atomic E-state index is -1.00. The number of nitrogens with one attached hydrogen (secondary N) is 2. The zero-order valence-electron chi connectivity index (χ0n) is 16.3. The average Bonchev–Trinajstić information content (AvgIpc) is 2.56. The number of carbonyl (C=O) groups excluding carboxylic acids is 3. The molecular formula is C18H34N4O4. The predicted molar refractivity (Wildman–Crippen MR) is 99.5 cm³/mol. The summed E-state index contributed by atoms with van der Waals surface area (Å²) in [6.07, 6.45) is -1.07. The third kappa shape index (κ3) is 6.75. The fourth-order valence-corrected chi connectivity index (χ4v) is 3.19. The van der Waals surface area contributed by atoms with Gasteiger partial charge in [-0.3, -0.25) is 19.3 Å². The summed E-state index contributed by atoms with van der Waals surface area (Å²) in [5.74, 6) is -1.32. The third-order valence-electron chi connectivity index (χ3n) is 4.71. The van der Waals surface area contributed by atoms with Crippen molar-refractivity contribution in [3.63, 3.8) is 0 Å². The second kappa shape index (κ2) is 10.7. The van der Waals surface area contributed by atoms with Crippen LogP contribution in [0, 0.1) is 11.8 Å². The number of ketones is 2. The van der Waals surface area contributed by atoms with E-state index in [1.54, 1.807) is 0 Å². The van der Waals surface area contributed by atoms with Crippen molar-refractivity contribution in [2.75, 3.05) is 32.7 Å². The summed E-state index contributed by atoms with van der Waals surface area (Å²) >= 11 is 0. The van der Waals surface area contributed by atoms with Gasteiger partial charge in [-0.25, -0.2) is 0 Å². The molecule has 1 heterocycles. The van der Waals surface area contributed by atoms with Gasteiger partial charge in [0.15, 0.2) is 11.6 Å². The van der Waals surface area contributed by atoms with Crippen molar-refractivity contribution in [1.29, 1.82) is 0 Å². The Morgan fingerprint density at radius 1 is 1.31 bits per heavy atom. The molecule has 0 radical (unpaired) electrons. The number of aliphatic hydroxyl groups is 1. The van der Waals surface area contributed by atoms with Gasteiger partial charge >= 0.3 is 0 Å². The second-order valence-electron chi connectivity index (χ2n) is 7.53. The minimum Gasteiger partial charge on any atom is -0.393 e. The first-order valence-electron chi connectivity index (χ1n) is 9.33. The summed E-state index contributed by atoms with van der Waals surface area (Å²) in [6.45, 7) is 9.96. The first-order valence-corrected chi connectivity index (χ1v) is 9.33. The van der Waals surface area contributed by atoms with Crippen LogP contribution in [0.25, 0.3) is 0 Å². The Kier molecular flexibility index (Phi) is 9.35. The number of amides is 1. The lowest BCUT2D eigenvalue weighted by Crippen LogP contribution is -2.56. The summed E-state index contributed by atoms with van der Waals surface area (Å²) in [7, 11) is 0. The highest BCUT2D eigenvalue weighted by Gasteiger charge is 2.34. The van der Waals surface area contributed by atoms with E-state index in [1.165, 1.54) is 13.8 Å². The largest absolute Gasteiger partial charge is 0.393 e. The highest BCUT2D eigenvalue weighted by atomic mass is 16.3. The van der Waals surface area contributed by atoms with Crippen molar-refractivity contribution >= 4 is 17.5 Å². The molecule has 0 spiro atoms. The van der Waals surface area contributed by atoms with Crippen molar-refractivity contribution in [3.05, 3.63) is 0 Å². The Bertz CT molecular complexity index is 496. The molecule has 0 aromatic carbocycles. The van der Waals surface area contributed by atoms with Gasteiger partial charge in [0.25, 0.3) is 0 Å². The maximum atomic E-state index is 12.8. The number of carbonyl (C=O) groups is 3. The first-order chi connectivity index (χ1) is 12.2. The third-order valence-corrected chi connectivity index (χ3v) is 4.71. The quantitative estimate of drug-likeness (QED) is 0.385. The zero-order chi connectivity index (χ0) is 19.9. The van der Waals surface area contributed by atoms with Gasteiger partial charge in [-0.15, -0.1) is 0 Å². The van der Waals surface area contributed by atoms with Crippen molar-refractivity contribution in [3.8, 4) is 0 Å². The molecule has 5 N–H and O–H groups in total. The molecule has 1 aliphatic heterocycles. The highest BCUT2D eigenvalue weighted by Crippen LogP contribution is 2.16. The van der Waals surface area contributed by atoms with Crippen molar-refractivity contribution in [1.82, 2.24) is 15.5 Å². The van der Waals surface area contributed by atoms with E-state index in [0.717, 1.165) is 19.6 Å². The molecule has 1 rings (SSSR count). The van der Waals surface area contributed by atoms with Crippen LogP contribution in [-0.4, -0.2) is 78.4 Å². The van der Waals surface area contributed by atoms with Crippen molar-refractivity contribution in [2.45, 2.75) is 52.3 Å². The molecule has 4 atom stereocenters. The molecule has 0 aliphatic carbocycles. The molecule has 8 nitrogen and oxygen atoms in total. The number of rotatable bonds is 10. The zero-order valence-corrected chi connectivity index (χ0v) is 16.3. The normalized spacial score (nSPS) is 21.9. The standard InChI is InChI=1S/C18H34N4O4/c1-11(2)10-22-6-5-20-9-16(22)17(25)7-14(12(3)23)18(26)21-15(8-19)13(4)24/h11-12,14-16,20,23H,5-10,19H2,1-4H3,(H,21,26)/t12-,14-,15-,16-/m0/s1. The van der Waals surface area contributed by atoms with Crippen LogP contribution in [0.4, 0.5) is 0 Å². The molecule has 1 aliphatic rings. The Morgan fingerprint density at radius 3 is 2.46 bits per heavy atom. The number of aliphatic hydroxyl groups excluding tert-OH is 1. The maximum Gasteiger partial charge on any atom is 0.226 e. The smallest absolute Gasteiger partial charge is 0.226 e. The van der Waals surface area contributed by atoms with E-state index >= 15 is 0 Å². The predicted octanol–water partition coefficient (Wildman–Crippen LogP) is -1.10. The molecule has 0 unspecified atom stereocenters. The number of piperazine rings is 1. The molecule has 8 heteroatoms. The lowest BCUT2D eigenvalue weighted by atomic mass is 9.91. The Morgan fingerprint density at radius 2 is 1.96 bits per heavy atom. The molecule has 0 aromatic heterocycles. The number of hydrogen-bond acceptors (Lipinski definition) is 7. The van der Waals surface area contributed by atoms with Gasteiger partial charge < -0.3 is 21.5 Å². The summed E-state index contributed by atoms with van der Waals surface area (Å²) in [5, 5.41) is 15.8. The van der Waals surface area contributed by atoms with Crippen molar-refractivity contribution < 1.29 is 19.5 Å². The lowest BCUT2D eigenvalue weighted by molar-refractivity contribution is -0.136. The molecule has 26 heavy (non-hydrogen) atoms. The average molecular weight is 370 g/mol. The number of nitrogens with zero attached hydrogens (tertiary/aromatic N) is 1. The van der Waals surface area contributed by atoms with E-state index in [2.05, 4.69) is 29.4 Å². The minimum absolute atomic E-state index is 0.0176. The van der Waals surface area contributed by atoms with Crippen LogP contribution in [0.15, 0.2) is 0 Å². The van der Waals surface area contributed by atoms with Crippen LogP contribution in [0.2, 0.25) is 0 Å². The molecule has 150 valence electrons. The van der Waals surface area contributed by atoms with E-state index in [0.29, 0.717) is 12.5 Å². The Labute approximate surface area is 155 Å². The summed E-state index contributed by atoms with van der Waals surface area (Å²) in [6, 6.07) is -1.11. The van der Waals surface area contributed by atoms with E-state index in [1.807, 2.05) is 0 Å². The number of hydrogen-bond donors (Lipinski definition) is 4. The lowest BCUT2D eigenvalue weighted by Gasteiger charge is -2.37. The van der Waals surface area contributed by atoms with Crippen LogP contribution in [0.3, 0.4) is 0 Å². The number of Topliss-reactive ketones (excluding diaryl/α,β-unsaturated/α-hetero) is 2. The van der Waals surface area contributed by atoms with E-state index in [9.17, 15) is 19.5 Å². The van der Waals surface area contributed by atoms with Gasteiger partial charge in [0.05, 0.1) is 24.1 Å². The van der Waals surface area contributed by atoms with Crippen molar-refractivity contribution in [2.24, 2.45) is 17.6 Å². The molecule has 0 aromatic rings. The van der Waals surface area contributed by atoms with Gasteiger partial charge in [-0.1, -0.05) is 13.8 Å². The fraction of sp³-hybridized carbons (Fsp3) is 0.833. The van der Waals surface area contributed by atoms with Crippen LogP contribution in [0.1, 0.15) is 34.1 Å². The highest BCUT2D eigenvalue weighted by molar-refractivity contribution is 5.92. The summed E-state index contributed by atoms with van der Waals surface area (Å²) in [5.41, 5.74) is 5.50. The van der Waals surface area contributed by atoms with Crippen LogP contribution >= 0.6 is 0 Å². The van der Waals surface area contributed by atoms with Crippen LogP contribution in [-0.2, 0) is 14.4 Å². The first kappa shape index (κ1) is 22.7. The fourth-order valence-electron chi connectivity index (χ4n) is 3.19. The van der Waals surface area contributed by atoms with Crippen LogP contribution < -0.4 is 16.4 Å².